The van der Waals surface area contributed by atoms with E-state index in [1.165, 1.54) is 32.1 Å². The molecular formula is C14H21NO2. The third-order valence-electron chi connectivity index (χ3n) is 3.48. The lowest BCUT2D eigenvalue weighted by Crippen LogP contribution is -2.15. The molecule has 0 unspecified atom stereocenters. The van der Waals surface area contributed by atoms with Crippen LogP contribution in [0.5, 0.6) is 0 Å². The summed E-state index contributed by atoms with van der Waals surface area (Å²) in [6.45, 7) is 2.91. The fourth-order valence-corrected chi connectivity index (χ4v) is 2.36. The summed E-state index contributed by atoms with van der Waals surface area (Å²) in [6.07, 6.45) is 10.0. The molecule has 3 heteroatoms. The summed E-state index contributed by atoms with van der Waals surface area (Å²) in [7, 11) is 0. The highest BCUT2D eigenvalue weighted by atomic mass is 16.5. The van der Waals surface area contributed by atoms with Crippen molar-refractivity contribution < 1.29 is 4.74 Å². The van der Waals surface area contributed by atoms with E-state index in [9.17, 15) is 4.79 Å². The van der Waals surface area contributed by atoms with E-state index in [0.717, 1.165) is 25.7 Å². The topological polar surface area (TPSA) is 31.2 Å². The molecule has 0 saturated carbocycles. The number of hydrogen-bond donors (Lipinski definition) is 0. The van der Waals surface area contributed by atoms with Crippen LogP contribution in [0.25, 0.3) is 0 Å². The lowest BCUT2D eigenvalue weighted by atomic mass is 9.94. The van der Waals surface area contributed by atoms with Crippen LogP contribution >= 0.6 is 0 Å². The predicted octanol–water partition coefficient (Wildman–Crippen LogP) is 2.45. The highest BCUT2D eigenvalue weighted by Crippen LogP contribution is 2.20. The maximum absolute atomic E-state index is 10.9. The van der Waals surface area contributed by atoms with Gasteiger partial charge in [0.15, 0.2) is 5.43 Å². The Morgan fingerprint density at radius 3 is 2.59 bits per heavy atom. The minimum Gasteiger partial charge on any atom is -0.381 e. The first-order valence-electron chi connectivity index (χ1n) is 6.58. The Labute approximate surface area is 102 Å². The molecule has 3 nitrogen and oxygen atoms in total. The van der Waals surface area contributed by atoms with Gasteiger partial charge in [-0.05, 0) is 25.2 Å². The van der Waals surface area contributed by atoms with Crippen molar-refractivity contribution in [3.8, 4) is 0 Å². The summed E-state index contributed by atoms with van der Waals surface area (Å²) in [5.74, 6) is 0.873. The number of pyridine rings is 1. The molecule has 0 bridgehead atoms. The van der Waals surface area contributed by atoms with Gasteiger partial charge in [0.1, 0.15) is 0 Å². The number of hydrogen-bond acceptors (Lipinski definition) is 2. The molecular weight excluding hydrogens is 214 g/mol. The Morgan fingerprint density at radius 1 is 1.18 bits per heavy atom. The summed E-state index contributed by atoms with van der Waals surface area (Å²) in [5.41, 5.74) is 0.0865. The fourth-order valence-electron chi connectivity index (χ4n) is 2.36. The van der Waals surface area contributed by atoms with Gasteiger partial charge in [0.2, 0.25) is 0 Å². The second-order valence-electron chi connectivity index (χ2n) is 4.82. The highest BCUT2D eigenvalue weighted by Gasteiger charge is 2.12. The predicted molar refractivity (Wildman–Crippen MR) is 68.1 cm³/mol. The Hall–Kier alpha value is -1.09. The second kappa shape index (κ2) is 6.60. The molecule has 0 spiro atoms. The molecule has 17 heavy (non-hydrogen) atoms. The summed E-state index contributed by atoms with van der Waals surface area (Å²) < 4.78 is 7.44. The maximum Gasteiger partial charge on any atom is 0.181 e. The average molecular weight is 235 g/mol. The van der Waals surface area contributed by atoms with Crippen LogP contribution in [-0.2, 0) is 11.3 Å². The van der Waals surface area contributed by atoms with Gasteiger partial charge in [0, 0.05) is 44.3 Å². The van der Waals surface area contributed by atoms with Crippen LogP contribution < -0.4 is 5.43 Å². The van der Waals surface area contributed by atoms with Crippen LogP contribution in [-0.4, -0.2) is 17.8 Å². The van der Waals surface area contributed by atoms with E-state index in [-0.39, 0.29) is 5.43 Å². The van der Waals surface area contributed by atoms with E-state index < -0.39 is 0 Å². The van der Waals surface area contributed by atoms with Gasteiger partial charge in [-0.2, -0.15) is 0 Å². The normalized spacial score (nSPS) is 17.2. The average Bonchev–Trinajstić information content (AvgIpc) is 2.38. The van der Waals surface area contributed by atoms with Gasteiger partial charge in [0.25, 0.3) is 0 Å². The van der Waals surface area contributed by atoms with Crippen LogP contribution in [0, 0.1) is 5.92 Å². The summed E-state index contributed by atoms with van der Waals surface area (Å²) in [6, 6.07) is 3.25. The molecule has 0 N–H and O–H groups in total. The summed E-state index contributed by atoms with van der Waals surface area (Å²) in [4.78, 5) is 10.9. The fraction of sp³-hybridized carbons (Fsp3) is 0.643. The van der Waals surface area contributed by atoms with Crippen molar-refractivity contribution in [2.45, 2.75) is 38.6 Å². The number of rotatable bonds is 5. The first kappa shape index (κ1) is 12.4. The van der Waals surface area contributed by atoms with Crippen molar-refractivity contribution >= 4 is 0 Å². The lowest BCUT2D eigenvalue weighted by Gasteiger charge is -2.21. The molecule has 0 radical (unpaired) electrons. The van der Waals surface area contributed by atoms with Crippen LogP contribution in [0.3, 0.4) is 0 Å². The summed E-state index contributed by atoms with van der Waals surface area (Å²) >= 11 is 0. The Bertz CT molecular complexity index is 360. The lowest BCUT2D eigenvalue weighted by molar-refractivity contribution is 0.0630. The van der Waals surface area contributed by atoms with Gasteiger partial charge < -0.3 is 9.30 Å². The zero-order valence-electron chi connectivity index (χ0n) is 10.3. The maximum atomic E-state index is 10.9. The molecule has 94 valence electrons. The Kier molecular flexibility index (Phi) is 4.80. The molecule has 1 aromatic rings. The van der Waals surface area contributed by atoms with Gasteiger partial charge in [-0.15, -0.1) is 0 Å². The van der Waals surface area contributed by atoms with Crippen molar-refractivity contribution in [2.24, 2.45) is 5.92 Å². The molecule has 1 aliphatic rings. The number of aromatic nitrogens is 1. The van der Waals surface area contributed by atoms with Crippen LogP contribution in [0.1, 0.15) is 32.1 Å². The number of aryl methyl sites for hydroxylation is 1. The quantitative estimate of drug-likeness (QED) is 0.734. The van der Waals surface area contributed by atoms with E-state index >= 15 is 0 Å². The third-order valence-corrected chi connectivity index (χ3v) is 3.48. The smallest absolute Gasteiger partial charge is 0.181 e. The largest absolute Gasteiger partial charge is 0.381 e. The highest BCUT2D eigenvalue weighted by molar-refractivity contribution is 4.93. The van der Waals surface area contributed by atoms with E-state index in [1.807, 2.05) is 12.4 Å². The molecule has 1 aromatic heterocycles. The molecule has 1 fully saturated rings. The van der Waals surface area contributed by atoms with Gasteiger partial charge in [0.05, 0.1) is 0 Å². The van der Waals surface area contributed by atoms with E-state index in [0.29, 0.717) is 0 Å². The van der Waals surface area contributed by atoms with Crippen molar-refractivity contribution in [1.82, 2.24) is 4.57 Å². The Balaban J connectivity index is 1.62. The number of ether oxygens (including phenoxy) is 1. The van der Waals surface area contributed by atoms with E-state index in [4.69, 9.17) is 4.74 Å². The van der Waals surface area contributed by atoms with Crippen molar-refractivity contribution in [2.75, 3.05) is 13.2 Å². The molecule has 1 saturated heterocycles. The van der Waals surface area contributed by atoms with Crippen LogP contribution in [0.4, 0.5) is 0 Å². The van der Waals surface area contributed by atoms with Gasteiger partial charge >= 0.3 is 0 Å². The van der Waals surface area contributed by atoms with Gasteiger partial charge in [-0.25, -0.2) is 0 Å². The SMILES string of the molecule is O=c1ccn(CCCCC2CCOCC2)cc1. The minimum absolute atomic E-state index is 0.0865. The second-order valence-corrected chi connectivity index (χ2v) is 4.82. The molecule has 0 atom stereocenters. The summed E-state index contributed by atoms with van der Waals surface area (Å²) in [5, 5.41) is 0. The van der Waals surface area contributed by atoms with E-state index in [2.05, 4.69) is 4.57 Å². The Morgan fingerprint density at radius 2 is 1.88 bits per heavy atom. The van der Waals surface area contributed by atoms with Crippen LogP contribution in [0.2, 0.25) is 0 Å². The molecule has 0 aromatic carbocycles. The zero-order chi connectivity index (χ0) is 11.9. The van der Waals surface area contributed by atoms with Crippen molar-refractivity contribution in [3.63, 3.8) is 0 Å². The molecule has 0 amide bonds. The molecule has 2 heterocycles. The van der Waals surface area contributed by atoms with E-state index in [1.54, 1.807) is 12.1 Å². The first-order valence-corrected chi connectivity index (χ1v) is 6.58. The zero-order valence-corrected chi connectivity index (χ0v) is 10.3. The minimum atomic E-state index is 0.0865. The van der Waals surface area contributed by atoms with Gasteiger partial charge in [-0.1, -0.05) is 12.8 Å². The molecule has 2 rings (SSSR count). The third kappa shape index (κ3) is 4.35. The standard InChI is InChI=1S/C14H21NO2/c16-14-4-9-15(10-5-14)8-2-1-3-13-6-11-17-12-7-13/h4-5,9-10,13H,1-3,6-8,11-12H2. The van der Waals surface area contributed by atoms with Crippen LogP contribution in [0.15, 0.2) is 29.3 Å². The number of unbranched alkanes of at least 4 members (excludes halogenated alkanes) is 1. The monoisotopic (exact) mass is 235 g/mol. The number of nitrogens with zero attached hydrogens (tertiary/aromatic N) is 1. The first-order chi connectivity index (χ1) is 8.34. The molecule has 1 aliphatic heterocycles. The van der Waals surface area contributed by atoms with Crippen molar-refractivity contribution in [3.05, 3.63) is 34.7 Å². The van der Waals surface area contributed by atoms with Gasteiger partial charge in [-0.3, -0.25) is 4.79 Å². The van der Waals surface area contributed by atoms with Crippen molar-refractivity contribution in [1.29, 1.82) is 0 Å². The molecule has 0 aliphatic carbocycles.